The topological polar surface area (TPSA) is 60.8 Å². The van der Waals surface area contributed by atoms with Gasteiger partial charge in [-0.2, -0.15) is 0 Å². The normalized spacial score (nSPS) is 20.5. The van der Waals surface area contributed by atoms with E-state index >= 15 is 0 Å². The molecule has 1 fully saturated rings. The number of benzene rings is 2. The lowest BCUT2D eigenvalue weighted by molar-refractivity contribution is -0.117. The Hall–Kier alpha value is -2.14. The Balaban J connectivity index is 2.12. The highest BCUT2D eigenvalue weighted by Crippen LogP contribution is 2.47. The second kappa shape index (κ2) is 6.64. The lowest BCUT2D eigenvalue weighted by Gasteiger charge is -2.27. The quantitative estimate of drug-likeness (QED) is 0.836. The fourth-order valence-corrected chi connectivity index (χ4v) is 4.45. The number of hydrogen-bond donors (Lipinski definition) is 2. The molecule has 3 rings (SSSR count). The van der Waals surface area contributed by atoms with Gasteiger partial charge < -0.3 is 10.2 Å². The maximum atomic E-state index is 12.9. The molecule has 1 saturated heterocycles. The summed E-state index contributed by atoms with van der Waals surface area (Å²) in [5, 5.41) is 19.7. The molecule has 0 bridgehead atoms. The van der Waals surface area contributed by atoms with Crippen LogP contribution >= 0.6 is 11.8 Å². The van der Waals surface area contributed by atoms with Crippen molar-refractivity contribution in [2.45, 2.75) is 44.2 Å². The van der Waals surface area contributed by atoms with Crippen molar-refractivity contribution in [1.82, 2.24) is 0 Å². The largest absolute Gasteiger partial charge is 0.508 e. The van der Waals surface area contributed by atoms with Crippen molar-refractivity contribution in [3.63, 3.8) is 0 Å². The van der Waals surface area contributed by atoms with E-state index in [-0.39, 0.29) is 33.9 Å². The Kier molecular flexibility index (Phi) is 4.69. The number of amides is 1. The minimum atomic E-state index is -0.196. The average molecular weight is 357 g/mol. The second-order valence-corrected chi connectivity index (χ2v) is 8.21. The molecule has 2 N–H and O–H groups in total. The van der Waals surface area contributed by atoms with Crippen molar-refractivity contribution >= 4 is 23.4 Å². The summed E-state index contributed by atoms with van der Waals surface area (Å²) >= 11 is 1.57. The van der Waals surface area contributed by atoms with Crippen LogP contribution in [-0.2, 0) is 4.79 Å². The fraction of sp³-hybridized carbons (Fsp3) is 0.350. The average Bonchev–Trinajstić information content (AvgIpc) is 2.83. The molecular weight excluding hydrogens is 334 g/mol. The van der Waals surface area contributed by atoms with Crippen molar-refractivity contribution in [1.29, 1.82) is 0 Å². The van der Waals surface area contributed by atoms with Crippen LogP contribution in [0, 0.1) is 6.92 Å². The zero-order valence-corrected chi connectivity index (χ0v) is 15.7. The van der Waals surface area contributed by atoms with E-state index in [9.17, 15) is 15.0 Å². The summed E-state index contributed by atoms with van der Waals surface area (Å²) < 4.78 is 0. The molecule has 25 heavy (non-hydrogen) atoms. The minimum absolute atomic E-state index is 0.0434. The predicted octanol–water partition coefficient (Wildman–Crippen LogP) is 4.70. The van der Waals surface area contributed by atoms with E-state index in [1.54, 1.807) is 40.9 Å². The van der Waals surface area contributed by atoms with Crippen LogP contribution in [-0.4, -0.2) is 21.4 Å². The van der Waals surface area contributed by atoms with Gasteiger partial charge in [0.25, 0.3) is 0 Å². The van der Waals surface area contributed by atoms with Crippen molar-refractivity contribution in [2.75, 3.05) is 4.90 Å². The molecule has 132 valence electrons. The zero-order valence-electron chi connectivity index (χ0n) is 14.9. The van der Waals surface area contributed by atoms with Gasteiger partial charge in [0.05, 0.1) is 5.25 Å². The van der Waals surface area contributed by atoms with Gasteiger partial charge in [0.2, 0.25) is 5.91 Å². The first-order valence-electron chi connectivity index (χ1n) is 8.40. The van der Waals surface area contributed by atoms with Gasteiger partial charge in [-0.1, -0.05) is 26.0 Å². The van der Waals surface area contributed by atoms with Gasteiger partial charge in [0, 0.05) is 5.69 Å². The van der Waals surface area contributed by atoms with Crippen LogP contribution in [0.4, 0.5) is 5.69 Å². The molecule has 1 amide bonds. The smallest absolute Gasteiger partial charge is 0.241 e. The molecule has 0 aromatic heterocycles. The van der Waals surface area contributed by atoms with Crippen molar-refractivity contribution < 1.29 is 15.0 Å². The molecular formula is C20H23NO3S. The number of aromatic hydroxyl groups is 2. The molecule has 2 atom stereocenters. The third-order valence-electron chi connectivity index (χ3n) is 4.53. The van der Waals surface area contributed by atoms with E-state index < -0.39 is 0 Å². The van der Waals surface area contributed by atoms with Gasteiger partial charge in [-0.25, -0.2) is 0 Å². The number of carbonyl (C=O) groups is 1. The zero-order chi connectivity index (χ0) is 18.3. The Labute approximate surface area is 152 Å². The summed E-state index contributed by atoms with van der Waals surface area (Å²) in [5.41, 5.74) is 3.39. The third-order valence-corrected chi connectivity index (χ3v) is 5.89. The van der Waals surface area contributed by atoms with Gasteiger partial charge in [0.15, 0.2) is 0 Å². The Morgan fingerprint density at radius 3 is 2.52 bits per heavy atom. The summed E-state index contributed by atoms with van der Waals surface area (Å²) in [4.78, 5) is 14.7. The summed E-state index contributed by atoms with van der Waals surface area (Å²) in [6, 6.07) is 10.7. The number of carbonyl (C=O) groups excluding carboxylic acids is 1. The van der Waals surface area contributed by atoms with Crippen molar-refractivity contribution in [2.24, 2.45) is 0 Å². The number of thioether (sulfide) groups is 1. The SMILES string of the molecule is Cc1cc(O)c(C(C)C)cc1N1C(=O)C(C)SC1c1cccc(O)c1. The van der Waals surface area contributed by atoms with Gasteiger partial charge in [0.1, 0.15) is 16.9 Å². The maximum absolute atomic E-state index is 12.9. The van der Waals surface area contributed by atoms with Gasteiger partial charge in [-0.15, -0.1) is 11.8 Å². The van der Waals surface area contributed by atoms with Gasteiger partial charge in [-0.3, -0.25) is 9.69 Å². The Morgan fingerprint density at radius 1 is 1.16 bits per heavy atom. The van der Waals surface area contributed by atoms with Gasteiger partial charge >= 0.3 is 0 Å². The molecule has 0 saturated carbocycles. The molecule has 0 aliphatic carbocycles. The molecule has 0 radical (unpaired) electrons. The fourth-order valence-electron chi connectivity index (χ4n) is 3.19. The van der Waals surface area contributed by atoms with Crippen LogP contribution < -0.4 is 4.90 Å². The van der Waals surface area contributed by atoms with Crippen molar-refractivity contribution in [3.8, 4) is 11.5 Å². The molecule has 2 aromatic rings. The number of hydrogen-bond acceptors (Lipinski definition) is 4. The minimum Gasteiger partial charge on any atom is -0.508 e. The van der Waals surface area contributed by atoms with E-state index in [1.165, 1.54) is 0 Å². The third kappa shape index (κ3) is 3.21. The highest BCUT2D eigenvalue weighted by atomic mass is 32.2. The summed E-state index contributed by atoms with van der Waals surface area (Å²) in [5.74, 6) is 0.649. The van der Waals surface area contributed by atoms with Gasteiger partial charge in [-0.05, 0) is 60.7 Å². The first-order valence-corrected chi connectivity index (χ1v) is 9.35. The molecule has 1 aliphatic rings. The molecule has 1 aliphatic heterocycles. The Bertz CT molecular complexity index is 819. The van der Waals surface area contributed by atoms with Crippen molar-refractivity contribution in [3.05, 3.63) is 53.1 Å². The van der Waals surface area contributed by atoms with Crippen LogP contribution in [0.3, 0.4) is 0 Å². The lowest BCUT2D eigenvalue weighted by Crippen LogP contribution is -2.30. The monoisotopic (exact) mass is 357 g/mol. The number of aryl methyl sites for hydroxylation is 1. The highest BCUT2D eigenvalue weighted by Gasteiger charge is 2.40. The first kappa shape index (κ1) is 17.7. The first-order chi connectivity index (χ1) is 11.8. The number of phenols is 2. The van der Waals surface area contributed by atoms with E-state index in [4.69, 9.17) is 0 Å². The highest BCUT2D eigenvalue weighted by molar-refractivity contribution is 8.01. The molecule has 1 heterocycles. The standard InChI is InChI=1S/C20H23NO3S/c1-11(2)16-10-17(12(3)8-18(16)23)21-19(24)13(4)25-20(21)14-6-5-7-15(22)9-14/h5-11,13,20,22-23H,1-4H3. The van der Waals surface area contributed by atoms with E-state index in [0.717, 1.165) is 22.4 Å². The van der Waals surface area contributed by atoms with Crippen LogP contribution in [0.15, 0.2) is 36.4 Å². The molecule has 0 spiro atoms. The number of anilines is 1. The summed E-state index contributed by atoms with van der Waals surface area (Å²) in [6.07, 6.45) is 0. The number of phenolic OH excluding ortho intramolecular Hbond substituents is 2. The Morgan fingerprint density at radius 2 is 1.88 bits per heavy atom. The second-order valence-electron chi connectivity index (χ2n) is 6.79. The molecule has 2 aromatic carbocycles. The summed E-state index contributed by atoms with van der Waals surface area (Å²) in [6.45, 7) is 7.84. The van der Waals surface area contributed by atoms with Crippen LogP contribution in [0.5, 0.6) is 11.5 Å². The van der Waals surface area contributed by atoms with E-state index in [1.807, 2.05) is 39.8 Å². The van der Waals surface area contributed by atoms with E-state index in [0.29, 0.717) is 0 Å². The molecule has 4 nitrogen and oxygen atoms in total. The number of rotatable bonds is 3. The van der Waals surface area contributed by atoms with Crippen LogP contribution in [0.2, 0.25) is 0 Å². The number of nitrogens with zero attached hydrogens (tertiary/aromatic N) is 1. The van der Waals surface area contributed by atoms with E-state index in [2.05, 4.69) is 0 Å². The lowest BCUT2D eigenvalue weighted by atomic mass is 9.98. The van der Waals surface area contributed by atoms with Crippen LogP contribution in [0.1, 0.15) is 48.8 Å². The summed E-state index contributed by atoms with van der Waals surface area (Å²) in [7, 11) is 0. The maximum Gasteiger partial charge on any atom is 0.241 e. The molecule has 2 unspecified atom stereocenters. The molecule has 5 heteroatoms. The van der Waals surface area contributed by atoms with Crippen LogP contribution in [0.25, 0.3) is 0 Å². The predicted molar refractivity (Wildman–Crippen MR) is 102 cm³/mol.